The van der Waals surface area contributed by atoms with E-state index in [1.807, 2.05) is 13.1 Å². The average molecular weight is 239 g/mol. The first-order chi connectivity index (χ1) is 8.19. The van der Waals surface area contributed by atoms with Crippen molar-refractivity contribution in [3.63, 3.8) is 0 Å². The third-order valence-electron chi connectivity index (χ3n) is 3.01. The highest BCUT2D eigenvalue weighted by atomic mass is 19.1. The Morgan fingerprint density at radius 1 is 1.41 bits per heavy atom. The summed E-state index contributed by atoms with van der Waals surface area (Å²) < 4.78 is 19.0. The van der Waals surface area contributed by atoms with Gasteiger partial charge in [-0.15, -0.1) is 0 Å². The zero-order valence-corrected chi connectivity index (χ0v) is 10.9. The van der Waals surface area contributed by atoms with Gasteiger partial charge in [0, 0.05) is 6.04 Å². The molecular weight excluding hydrogens is 217 g/mol. The first-order valence-corrected chi connectivity index (χ1v) is 6.24. The van der Waals surface area contributed by atoms with Crippen molar-refractivity contribution >= 4 is 0 Å². The Balaban J connectivity index is 2.33. The molecule has 0 aliphatic rings. The maximum absolute atomic E-state index is 13.6. The summed E-state index contributed by atoms with van der Waals surface area (Å²) in [4.78, 5) is 0. The van der Waals surface area contributed by atoms with E-state index in [9.17, 15) is 4.39 Å². The van der Waals surface area contributed by atoms with Crippen molar-refractivity contribution in [2.75, 3.05) is 13.7 Å². The van der Waals surface area contributed by atoms with Gasteiger partial charge in [-0.2, -0.15) is 0 Å². The van der Waals surface area contributed by atoms with Gasteiger partial charge in [-0.25, -0.2) is 4.39 Å². The van der Waals surface area contributed by atoms with Gasteiger partial charge in [0.2, 0.25) is 0 Å². The van der Waals surface area contributed by atoms with E-state index in [4.69, 9.17) is 4.74 Å². The predicted octanol–water partition coefficient (Wildman–Crippen LogP) is 3.29. The van der Waals surface area contributed by atoms with Crippen LogP contribution in [0.3, 0.4) is 0 Å². The Hall–Kier alpha value is -1.09. The van der Waals surface area contributed by atoms with Crippen LogP contribution in [0.25, 0.3) is 0 Å². The topological polar surface area (TPSA) is 21.3 Å². The maximum Gasteiger partial charge on any atom is 0.167 e. The van der Waals surface area contributed by atoms with Crippen LogP contribution in [-0.4, -0.2) is 19.7 Å². The van der Waals surface area contributed by atoms with E-state index >= 15 is 0 Å². The number of hydrogen-bond acceptors (Lipinski definition) is 2. The minimum absolute atomic E-state index is 0.242. The second-order valence-electron chi connectivity index (χ2n) is 4.27. The first kappa shape index (κ1) is 14.0. The molecule has 0 aliphatic heterocycles. The molecule has 0 saturated carbocycles. The largest absolute Gasteiger partial charge is 0.491 e. The van der Waals surface area contributed by atoms with E-state index in [2.05, 4.69) is 12.2 Å². The summed E-state index contributed by atoms with van der Waals surface area (Å²) >= 11 is 0. The van der Waals surface area contributed by atoms with Crippen LogP contribution in [0.5, 0.6) is 5.75 Å². The van der Waals surface area contributed by atoms with E-state index in [1.165, 1.54) is 0 Å². The standard InChI is InChI=1S/C14H22FNO/c1-4-12(16-3)8-6-10-17-13-9-5-7-11(2)14(13)15/h5,7,9,12,16H,4,6,8,10H2,1-3H3. The van der Waals surface area contributed by atoms with Crippen LogP contribution in [0, 0.1) is 12.7 Å². The molecule has 0 aliphatic carbocycles. The summed E-state index contributed by atoms with van der Waals surface area (Å²) in [6.07, 6.45) is 3.10. The first-order valence-electron chi connectivity index (χ1n) is 6.24. The number of hydrogen-bond donors (Lipinski definition) is 1. The maximum atomic E-state index is 13.6. The van der Waals surface area contributed by atoms with Gasteiger partial charge in [0.05, 0.1) is 6.61 Å². The molecule has 1 atom stereocenters. The summed E-state index contributed by atoms with van der Waals surface area (Å²) in [7, 11) is 1.97. The normalized spacial score (nSPS) is 12.5. The molecule has 0 heterocycles. The van der Waals surface area contributed by atoms with Crippen LogP contribution < -0.4 is 10.1 Å². The summed E-state index contributed by atoms with van der Waals surface area (Å²) in [6, 6.07) is 5.77. The smallest absolute Gasteiger partial charge is 0.167 e. The van der Waals surface area contributed by atoms with Crippen LogP contribution in [0.15, 0.2) is 18.2 Å². The summed E-state index contributed by atoms with van der Waals surface area (Å²) in [5.41, 5.74) is 0.629. The van der Waals surface area contributed by atoms with Gasteiger partial charge < -0.3 is 10.1 Å². The minimum Gasteiger partial charge on any atom is -0.491 e. The highest BCUT2D eigenvalue weighted by Gasteiger charge is 2.06. The SMILES string of the molecule is CCC(CCCOc1cccc(C)c1F)NC. The molecule has 0 bridgehead atoms. The van der Waals surface area contributed by atoms with E-state index in [0.717, 1.165) is 19.3 Å². The molecule has 1 aromatic rings. The van der Waals surface area contributed by atoms with Gasteiger partial charge in [0.25, 0.3) is 0 Å². The summed E-state index contributed by atoms with van der Waals surface area (Å²) in [5.74, 6) is 0.121. The number of halogens is 1. The zero-order valence-electron chi connectivity index (χ0n) is 10.9. The number of benzene rings is 1. The predicted molar refractivity (Wildman–Crippen MR) is 69.0 cm³/mol. The summed E-state index contributed by atoms with van der Waals surface area (Å²) in [6.45, 7) is 4.47. The number of nitrogens with one attached hydrogen (secondary N) is 1. The number of rotatable bonds is 7. The van der Waals surface area contributed by atoms with Crippen molar-refractivity contribution < 1.29 is 9.13 Å². The molecule has 0 aromatic heterocycles. The summed E-state index contributed by atoms with van der Waals surface area (Å²) in [5, 5.41) is 3.24. The monoisotopic (exact) mass is 239 g/mol. The number of aryl methyl sites for hydroxylation is 1. The molecule has 17 heavy (non-hydrogen) atoms. The van der Waals surface area contributed by atoms with Crippen LogP contribution in [0.1, 0.15) is 31.7 Å². The molecule has 3 heteroatoms. The lowest BCUT2D eigenvalue weighted by Gasteiger charge is -2.14. The Kier molecular flexibility index (Phi) is 5.98. The molecule has 1 aromatic carbocycles. The van der Waals surface area contributed by atoms with E-state index < -0.39 is 0 Å². The fraction of sp³-hybridized carbons (Fsp3) is 0.571. The molecule has 0 saturated heterocycles. The van der Waals surface area contributed by atoms with Crippen molar-refractivity contribution in [2.45, 2.75) is 39.2 Å². The fourth-order valence-electron chi connectivity index (χ4n) is 1.80. The van der Waals surface area contributed by atoms with Gasteiger partial charge in [-0.1, -0.05) is 19.1 Å². The molecule has 1 unspecified atom stereocenters. The molecular formula is C14H22FNO. The number of ether oxygens (including phenoxy) is 1. The minimum atomic E-state index is -0.242. The van der Waals surface area contributed by atoms with Crippen LogP contribution >= 0.6 is 0 Å². The van der Waals surface area contributed by atoms with E-state index in [-0.39, 0.29) is 5.82 Å². The van der Waals surface area contributed by atoms with Crippen LogP contribution in [0.4, 0.5) is 4.39 Å². The van der Waals surface area contributed by atoms with Crippen molar-refractivity contribution in [2.24, 2.45) is 0 Å². The van der Waals surface area contributed by atoms with Crippen LogP contribution in [-0.2, 0) is 0 Å². The van der Waals surface area contributed by atoms with E-state index in [0.29, 0.717) is 24.0 Å². The van der Waals surface area contributed by atoms with Crippen molar-refractivity contribution in [3.8, 4) is 5.75 Å². The van der Waals surface area contributed by atoms with Gasteiger partial charge in [-0.3, -0.25) is 0 Å². The Morgan fingerprint density at radius 3 is 2.82 bits per heavy atom. The zero-order chi connectivity index (χ0) is 12.7. The molecule has 0 radical (unpaired) electrons. The average Bonchev–Trinajstić information content (AvgIpc) is 2.34. The molecule has 1 N–H and O–H groups in total. The Labute approximate surface area is 103 Å². The highest BCUT2D eigenvalue weighted by Crippen LogP contribution is 2.19. The quantitative estimate of drug-likeness (QED) is 0.737. The fourth-order valence-corrected chi connectivity index (χ4v) is 1.80. The van der Waals surface area contributed by atoms with Gasteiger partial charge in [0.15, 0.2) is 11.6 Å². The Bertz CT molecular complexity index is 337. The second-order valence-corrected chi connectivity index (χ2v) is 4.27. The Morgan fingerprint density at radius 2 is 2.18 bits per heavy atom. The second kappa shape index (κ2) is 7.28. The molecule has 0 amide bonds. The lowest BCUT2D eigenvalue weighted by atomic mass is 10.1. The van der Waals surface area contributed by atoms with Gasteiger partial charge >= 0.3 is 0 Å². The third-order valence-corrected chi connectivity index (χ3v) is 3.01. The van der Waals surface area contributed by atoms with Crippen molar-refractivity contribution in [1.29, 1.82) is 0 Å². The molecule has 2 nitrogen and oxygen atoms in total. The van der Waals surface area contributed by atoms with Crippen LogP contribution in [0.2, 0.25) is 0 Å². The third kappa shape index (κ3) is 4.35. The van der Waals surface area contributed by atoms with Gasteiger partial charge in [0.1, 0.15) is 0 Å². The molecule has 96 valence electrons. The molecule has 0 fully saturated rings. The molecule has 1 rings (SSSR count). The molecule has 0 spiro atoms. The van der Waals surface area contributed by atoms with Crippen molar-refractivity contribution in [3.05, 3.63) is 29.6 Å². The highest BCUT2D eigenvalue weighted by molar-refractivity contribution is 5.29. The lowest BCUT2D eigenvalue weighted by molar-refractivity contribution is 0.283. The van der Waals surface area contributed by atoms with Gasteiger partial charge in [-0.05, 0) is 44.9 Å². The van der Waals surface area contributed by atoms with Crippen molar-refractivity contribution in [1.82, 2.24) is 5.32 Å². The van der Waals surface area contributed by atoms with E-state index in [1.54, 1.807) is 19.1 Å². The lowest BCUT2D eigenvalue weighted by Crippen LogP contribution is -2.24.